The van der Waals surface area contributed by atoms with Crippen LogP contribution in [0.5, 0.6) is 0 Å². The number of esters is 1. The van der Waals surface area contributed by atoms with E-state index in [0.717, 1.165) is 5.56 Å². The van der Waals surface area contributed by atoms with Crippen LogP contribution in [0.3, 0.4) is 0 Å². The van der Waals surface area contributed by atoms with Gasteiger partial charge in [-0.1, -0.05) is 12.1 Å². The summed E-state index contributed by atoms with van der Waals surface area (Å²) < 4.78 is 51.6. The summed E-state index contributed by atoms with van der Waals surface area (Å²) in [7, 11) is 0. The van der Waals surface area contributed by atoms with E-state index in [-0.39, 0.29) is 42.2 Å². The molecule has 2 aromatic heterocycles. The van der Waals surface area contributed by atoms with Gasteiger partial charge in [-0.05, 0) is 77.3 Å². The molecule has 3 amide bonds. The van der Waals surface area contributed by atoms with Crippen LogP contribution in [0.4, 0.5) is 23.8 Å². The summed E-state index contributed by atoms with van der Waals surface area (Å²) in [5.41, 5.74) is 1.57. The zero-order valence-electron chi connectivity index (χ0n) is 25.3. The monoisotopic (exact) mass is 630 g/mol. The van der Waals surface area contributed by atoms with Crippen LogP contribution in [-0.2, 0) is 14.3 Å². The van der Waals surface area contributed by atoms with Crippen molar-refractivity contribution in [3.8, 4) is 11.3 Å². The minimum absolute atomic E-state index is 0.130. The fraction of sp³-hybridized carbons (Fsp3) is 0.400. The first kappa shape index (κ1) is 33.0. The summed E-state index contributed by atoms with van der Waals surface area (Å²) in [6.45, 7) is 8.41. The average molecular weight is 631 g/mol. The SMILES string of the molecule is CCOC(=O)c1c(-c2ccc(C(=O)Nc3cc(C)ccn3)cc2)nc([C@@H]2CCCN2C(=O)OC(C)(C)C)n1NC(=O)C(F)(F)F. The summed E-state index contributed by atoms with van der Waals surface area (Å²) in [6, 6.07) is 8.27. The van der Waals surface area contributed by atoms with Crippen molar-refractivity contribution in [1.82, 2.24) is 19.5 Å². The van der Waals surface area contributed by atoms with Crippen molar-refractivity contribution < 1.29 is 41.8 Å². The maximum Gasteiger partial charge on any atom is 0.472 e. The van der Waals surface area contributed by atoms with Gasteiger partial charge in [0.15, 0.2) is 11.5 Å². The largest absolute Gasteiger partial charge is 0.472 e. The van der Waals surface area contributed by atoms with E-state index in [1.165, 1.54) is 36.1 Å². The van der Waals surface area contributed by atoms with Gasteiger partial charge in [-0.3, -0.25) is 19.9 Å². The number of hydrogen-bond donors (Lipinski definition) is 2. The number of benzene rings is 1. The molecule has 0 saturated carbocycles. The van der Waals surface area contributed by atoms with Crippen molar-refractivity contribution in [3.63, 3.8) is 0 Å². The second-order valence-corrected chi connectivity index (χ2v) is 11.2. The van der Waals surface area contributed by atoms with Crippen molar-refractivity contribution >= 4 is 29.7 Å². The lowest BCUT2D eigenvalue weighted by molar-refractivity contribution is -0.168. The number of halogens is 3. The Morgan fingerprint density at radius 3 is 2.36 bits per heavy atom. The highest BCUT2D eigenvalue weighted by Gasteiger charge is 2.43. The quantitative estimate of drug-likeness (QED) is 0.331. The van der Waals surface area contributed by atoms with Crippen LogP contribution in [0.25, 0.3) is 11.3 Å². The Balaban J connectivity index is 1.80. The number of aryl methyl sites for hydroxylation is 1. The third-order valence-electron chi connectivity index (χ3n) is 6.60. The lowest BCUT2D eigenvalue weighted by Gasteiger charge is -2.28. The van der Waals surface area contributed by atoms with Crippen molar-refractivity contribution in [2.45, 2.75) is 65.3 Å². The number of anilines is 1. The van der Waals surface area contributed by atoms with Gasteiger partial charge in [0.05, 0.1) is 12.6 Å². The number of carbonyl (C=O) groups excluding carboxylic acids is 4. The number of alkyl halides is 3. The Labute approximate surface area is 256 Å². The minimum atomic E-state index is -5.31. The lowest BCUT2D eigenvalue weighted by Crippen LogP contribution is -2.40. The van der Waals surface area contributed by atoms with Crippen LogP contribution < -0.4 is 10.7 Å². The van der Waals surface area contributed by atoms with Gasteiger partial charge in [0.25, 0.3) is 5.91 Å². The second kappa shape index (κ2) is 13.0. The van der Waals surface area contributed by atoms with E-state index in [2.05, 4.69) is 15.3 Å². The molecule has 240 valence electrons. The molecule has 2 N–H and O–H groups in total. The summed E-state index contributed by atoms with van der Waals surface area (Å²) in [4.78, 5) is 61.2. The number of rotatable bonds is 7. The second-order valence-electron chi connectivity index (χ2n) is 11.2. The van der Waals surface area contributed by atoms with Crippen molar-refractivity contribution in [2.75, 3.05) is 23.9 Å². The molecule has 1 aliphatic heterocycles. The zero-order valence-corrected chi connectivity index (χ0v) is 25.3. The van der Waals surface area contributed by atoms with Crippen LogP contribution in [0.15, 0.2) is 42.6 Å². The fourth-order valence-electron chi connectivity index (χ4n) is 4.67. The molecule has 0 radical (unpaired) electrons. The molecule has 15 heteroatoms. The number of likely N-dealkylation sites (tertiary alicyclic amines) is 1. The van der Waals surface area contributed by atoms with E-state index in [0.29, 0.717) is 16.9 Å². The lowest BCUT2D eigenvalue weighted by atomic mass is 10.1. The first-order valence-corrected chi connectivity index (χ1v) is 14.1. The Morgan fingerprint density at radius 2 is 1.76 bits per heavy atom. The van der Waals surface area contributed by atoms with Crippen LogP contribution in [0.2, 0.25) is 0 Å². The number of amides is 3. The van der Waals surface area contributed by atoms with Crippen LogP contribution >= 0.6 is 0 Å². The zero-order chi connectivity index (χ0) is 33.1. The van der Waals surface area contributed by atoms with Crippen LogP contribution in [0.1, 0.15) is 78.8 Å². The van der Waals surface area contributed by atoms with Crippen LogP contribution in [-0.4, -0.2) is 68.3 Å². The molecule has 0 spiro atoms. The number of aromatic nitrogens is 3. The van der Waals surface area contributed by atoms with E-state index in [1.807, 2.05) is 6.92 Å². The molecule has 45 heavy (non-hydrogen) atoms. The van der Waals surface area contributed by atoms with Gasteiger partial charge in [0.1, 0.15) is 17.1 Å². The highest BCUT2D eigenvalue weighted by atomic mass is 19.4. The minimum Gasteiger partial charge on any atom is -0.461 e. The molecule has 1 fully saturated rings. The van der Waals surface area contributed by atoms with Gasteiger partial charge in [-0.25, -0.2) is 24.2 Å². The summed E-state index contributed by atoms with van der Waals surface area (Å²) >= 11 is 0. The van der Waals surface area contributed by atoms with Gasteiger partial charge in [0.2, 0.25) is 0 Å². The highest BCUT2D eigenvalue weighted by molar-refractivity contribution is 6.04. The maximum atomic E-state index is 13.5. The number of carbonyl (C=O) groups is 4. The van der Waals surface area contributed by atoms with Gasteiger partial charge >= 0.3 is 24.1 Å². The van der Waals surface area contributed by atoms with E-state index in [4.69, 9.17) is 9.47 Å². The molecule has 1 aromatic carbocycles. The number of imidazole rings is 1. The van der Waals surface area contributed by atoms with Crippen molar-refractivity contribution in [2.24, 2.45) is 0 Å². The summed E-state index contributed by atoms with van der Waals surface area (Å²) in [5, 5.41) is 2.67. The number of pyridine rings is 1. The Hall–Kier alpha value is -4.95. The number of ether oxygens (including phenoxy) is 2. The third-order valence-corrected chi connectivity index (χ3v) is 6.60. The Morgan fingerprint density at radius 1 is 1.07 bits per heavy atom. The summed E-state index contributed by atoms with van der Waals surface area (Å²) in [5.74, 6) is -3.78. The Kier molecular flexibility index (Phi) is 9.49. The highest BCUT2D eigenvalue weighted by Crippen LogP contribution is 2.36. The molecule has 1 atom stereocenters. The van der Waals surface area contributed by atoms with Crippen molar-refractivity contribution in [3.05, 3.63) is 65.2 Å². The molecule has 0 unspecified atom stereocenters. The Bertz CT molecular complexity index is 1600. The molecule has 1 saturated heterocycles. The van der Waals surface area contributed by atoms with Gasteiger partial charge in [-0.2, -0.15) is 13.2 Å². The van der Waals surface area contributed by atoms with E-state index in [9.17, 15) is 32.3 Å². The number of hydrogen-bond acceptors (Lipinski definition) is 8. The average Bonchev–Trinajstić information content (AvgIpc) is 3.57. The van der Waals surface area contributed by atoms with Gasteiger partial charge in [0, 0.05) is 23.9 Å². The van der Waals surface area contributed by atoms with E-state index >= 15 is 0 Å². The first-order valence-electron chi connectivity index (χ1n) is 14.1. The third kappa shape index (κ3) is 7.77. The standard InChI is InChI=1S/C30H33F3N6O6/c1-6-44-26(41)23-22(18-9-11-19(12-10-18)25(40)35-21-16-17(2)13-14-34-21)36-24(39(23)37-27(42)30(31,32)33)20-8-7-15-38(20)28(43)45-29(3,4)5/h9-14,16,20H,6-8,15H2,1-5H3,(H,37,42)(H,34,35,40)/t20-/m0/s1. The van der Waals surface area contributed by atoms with E-state index < -0.39 is 47.4 Å². The number of nitrogens with zero attached hydrogens (tertiary/aromatic N) is 4. The molecule has 1 aliphatic rings. The molecular formula is C30H33F3N6O6. The normalized spacial score (nSPS) is 15.0. The topological polar surface area (TPSA) is 145 Å². The van der Waals surface area contributed by atoms with E-state index in [1.54, 1.807) is 44.5 Å². The molecule has 4 rings (SSSR count). The summed E-state index contributed by atoms with van der Waals surface area (Å²) in [6.07, 6.45) is -3.79. The van der Waals surface area contributed by atoms with Crippen LogP contribution in [0, 0.1) is 6.92 Å². The molecule has 0 bridgehead atoms. The molecule has 3 aromatic rings. The first-order chi connectivity index (χ1) is 21.1. The van der Waals surface area contributed by atoms with Crippen molar-refractivity contribution in [1.29, 1.82) is 0 Å². The molecular weight excluding hydrogens is 597 g/mol. The number of nitrogens with one attached hydrogen (secondary N) is 2. The van der Waals surface area contributed by atoms with Gasteiger partial charge < -0.3 is 14.8 Å². The maximum absolute atomic E-state index is 13.5. The molecule has 12 nitrogen and oxygen atoms in total. The van der Waals surface area contributed by atoms with Gasteiger partial charge in [-0.15, -0.1) is 0 Å². The molecule has 0 aliphatic carbocycles. The molecule has 3 heterocycles. The fourth-order valence-corrected chi connectivity index (χ4v) is 4.67. The smallest absolute Gasteiger partial charge is 0.461 e. The predicted molar refractivity (Wildman–Crippen MR) is 156 cm³/mol. The predicted octanol–water partition coefficient (Wildman–Crippen LogP) is 5.39.